The van der Waals surface area contributed by atoms with Gasteiger partial charge in [0, 0.05) is 38.2 Å². The van der Waals surface area contributed by atoms with Gasteiger partial charge in [-0.2, -0.15) is 4.31 Å². The van der Waals surface area contributed by atoms with Crippen LogP contribution >= 0.6 is 0 Å². The van der Waals surface area contributed by atoms with E-state index in [1.54, 1.807) is 50.3 Å². The molecule has 1 unspecified atom stereocenters. The monoisotopic (exact) mass is 593 g/mol. The highest BCUT2D eigenvalue weighted by Gasteiger charge is 2.28. The number of aryl methyl sites for hydroxylation is 1. The van der Waals surface area contributed by atoms with Crippen molar-refractivity contribution < 1.29 is 27.5 Å². The number of carbonyl (C=O) groups is 2. The highest BCUT2D eigenvalue weighted by molar-refractivity contribution is 7.89. The van der Waals surface area contributed by atoms with E-state index in [1.165, 1.54) is 4.31 Å². The van der Waals surface area contributed by atoms with E-state index in [1.807, 2.05) is 48.5 Å². The molecule has 1 aliphatic heterocycles. The van der Waals surface area contributed by atoms with Crippen molar-refractivity contribution in [2.75, 3.05) is 27.3 Å². The van der Waals surface area contributed by atoms with Crippen molar-refractivity contribution >= 4 is 21.8 Å². The van der Waals surface area contributed by atoms with Gasteiger partial charge in [0.15, 0.2) is 0 Å². The summed E-state index contributed by atoms with van der Waals surface area (Å²) in [6, 6.07) is 20.8. The molecule has 1 heterocycles. The van der Waals surface area contributed by atoms with E-state index in [2.05, 4.69) is 5.32 Å². The third-order valence-corrected chi connectivity index (χ3v) is 9.49. The highest BCUT2D eigenvalue weighted by atomic mass is 32.2. The lowest BCUT2D eigenvalue weighted by molar-refractivity contribution is -0.140. The number of hydrogen-bond acceptors (Lipinski definition) is 6. The Morgan fingerprint density at radius 2 is 1.55 bits per heavy atom. The Balaban J connectivity index is 1.44. The van der Waals surface area contributed by atoms with Crippen LogP contribution in [0.3, 0.4) is 0 Å². The second-order valence-electron chi connectivity index (χ2n) is 10.3. The van der Waals surface area contributed by atoms with Crippen molar-refractivity contribution in [2.45, 2.75) is 56.6 Å². The number of carbonyl (C=O) groups excluding carboxylic acids is 2. The molecule has 0 aromatic heterocycles. The molecular weight excluding hydrogens is 554 g/mol. The van der Waals surface area contributed by atoms with Crippen LogP contribution in [-0.2, 0) is 39.1 Å². The van der Waals surface area contributed by atoms with Crippen LogP contribution in [0.4, 0.5) is 0 Å². The number of nitrogens with zero attached hydrogens (tertiary/aromatic N) is 2. The molecule has 0 spiro atoms. The molecule has 0 saturated carbocycles. The second kappa shape index (κ2) is 14.3. The Morgan fingerprint density at radius 3 is 2.19 bits per heavy atom. The van der Waals surface area contributed by atoms with Gasteiger partial charge in [0.2, 0.25) is 21.8 Å². The first-order valence-electron chi connectivity index (χ1n) is 14.1. The first-order chi connectivity index (χ1) is 20.2. The average molecular weight is 594 g/mol. The third-order valence-electron chi connectivity index (χ3n) is 7.58. The number of sulfonamides is 1. The van der Waals surface area contributed by atoms with E-state index >= 15 is 0 Å². The van der Waals surface area contributed by atoms with Gasteiger partial charge in [-0.15, -0.1) is 0 Å². The topological polar surface area (TPSA) is 105 Å². The molecule has 3 aromatic carbocycles. The minimum absolute atomic E-state index is 0.165. The summed E-state index contributed by atoms with van der Waals surface area (Å²) in [5.41, 5.74) is 2.55. The number of para-hydroxylation sites is 1. The largest absolute Gasteiger partial charge is 0.497 e. The molecule has 1 fully saturated rings. The number of amides is 2. The molecule has 10 heteroatoms. The van der Waals surface area contributed by atoms with E-state index in [4.69, 9.17) is 9.47 Å². The molecule has 3 aromatic rings. The fourth-order valence-corrected chi connectivity index (χ4v) is 6.51. The van der Waals surface area contributed by atoms with Gasteiger partial charge in [-0.05, 0) is 67.6 Å². The van der Waals surface area contributed by atoms with Gasteiger partial charge in [0.1, 0.15) is 17.5 Å². The van der Waals surface area contributed by atoms with Crippen molar-refractivity contribution in [1.82, 2.24) is 14.5 Å². The molecule has 4 rings (SSSR count). The lowest BCUT2D eigenvalue weighted by Gasteiger charge is -2.29. The van der Waals surface area contributed by atoms with E-state index in [0.717, 1.165) is 29.5 Å². The number of nitrogens with one attached hydrogen (secondary N) is 1. The van der Waals surface area contributed by atoms with E-state index in [9.17, 15) is 18.0 Å². The molecule has 42 heavy (non-hydrogen) atoms. The van der Waals surface area contributed by atoms with Crippen molar-refractivity contribution in [2.24, 2.45) is 0 Å². The fraction of sp³-hybridized carbons (Fsp3) is 0.375. The molecule has 0 aliphatic carbocycles. The van der Waals surface area contributed by atoms with E-state index in [-0.39, 0.29) is 36.2 Å². The lowest BCUT2D eigenvalue weighted by atomic mass is 10.1. The van der Waals surface area contributed by atoms with Crippen LogP contribution in [-0.4, -0.2) is 62.8 Å². The normalized spacial score (nSPS) is 14.3. The number of hydrogen-bond donors (Lipinski definition) is 1. The number of benzene rings is 3. The van der Waals surface area contributed by atoms with Crippen molar-refractivity contribution in [1.29, 1.82) is 0 Å². The first kappa shape index (κ1) is 31.1. The van der Waals surface area contributed by atoms with Crippen LogP contribution in [0, 0.1) is 0 Å². The predicted octanol–water partition coefficient (Wildman–Crippen LogP) is 4.15. The van der Waals surface area contributed by atoms with Crippen LogP contribution in [0.25, 0.3) is 0 Å². The Hall–Kier alpha value is -3.89. The van der Waals surface area contributed by atoms with Crippen molar-refractivity contribution in [3.05, 3.63) is 89.5 Å². The van der Waals surface area contributed by atoms with Crippen LogP contribution in [0.1, 0.15) is 42.9 Å². The summed E-state index contributed by atoms with van der Waals surface area (Å²) in [6.07, 6.45) is 2.34. The smallest absolute Gasteiger partial charge is 0.243 e. The Kier molecular flexibility index (Phi) is 10.6. The summed E-state index contributed by atoms with van der Waals surface area (Å²) in [5, 5.41) is 2.94. The summed E-state index contributed by atoms with van der Waals surface area (Å²) < 4.78 is 37.8. The second-order valence-corrected chi connectivity index (χ2v) is 12.3. The molecule has 2 amide bonds. The maximum Gasteiger partial charge on any atom is 0.243 e. The molecule has 1 saturated heterocycles. The molecule has 0 radical (unpaired) electrons. The predicted molar refractivity (Wildman–Crippen MR) is 161 cm³/mol. The van der Waals surface area contributed by atoms with Crippen LogP contribution in [0.15, 0.2) is 77.7 Å². The summed E-state index contributed by atoms with van der Waals surface area (Å²) in [4.78, 5) is 28.6. The molecule has 1 aliphatic rings. The quantitative estimate of drug-likeness (QED) is 0.319. The van der Waals surface area contributed by atoms with Gasteiger partial charge in [-0.1, -0.05) is 42.5 Å². The minimum Gasteiger partial charge on any atom is -0.497 e. The summed E-state index contributed by atoms with van der Waals surface area (Å²) >= 11 is 0. The Morgan fingerprint density at radius 1 is 0.905 bits per heavy atom. The SMILES string of the molecule is COc1ccc(CN(C(=O)CCc2ccc(S(=O)(=O)N3CCCC3)cc2)C(C)C(=O)NCc2ccccc2OC)cc1. The zero-order valence-electron chi connectivity index (χ0n) is 24.4. The van der Waals surface area contributed by atoms with Gasteiger partial charge >= 0.3 is 0 Å². The summed E-state index contributed by atoms with van der Waals surface area (Å²) in [5.74, 6) is 0.920. The van der Waals surface area contributed by atoms with Crippen molar-refractivity contribution in [3.8, 4) is 11.5 Å². The molecular formula is C32H39N3O6S. The van der Waals surface area contributed by atoms with Gasteiger partial charge in [0.05, 0.1) is 19.1 Å². The van der Waals surface area contributed by atoms with Gasteiger partial charge in [-0.25, -0.2) is 8.42 Å². The van der Waals surface area contributed by atoms with Crippen LogP contribution in [0.2, 0.25) is 0 Å². The Labute approximate surface area is 248 Å². The number of methoxy groups -OCH3 is 2. The number of rotatable bonds is 13. The van der Waals surface area contributed by atoms with Crippen molar-refractivity contribution in [3.63, 3.8) is 0 Å². The highest BCUT2D eigenvalue weighted by Crippen LogP contribution is 2.22. The minimum atomic E-state index is -3.49. The van der Waals surface area contributed by atoms with Crippen LogP contribution < -0.4 is 14.8 Å². The molecule has 1 N–H and O–H groups in total. The number of ether oxygens (including phenoxy) is 2. The van der Waals surface area contributed by atoms with Gasteiger partial charge < -0.3 is 19.7 Å². The summed E-state index contributed by atoms with van der Waals surface area (Å²) in [6.45, 7) is 3.33. The third kappa shape index (κ3) is 7.68. The standard InChI is InChI=1S/C32H39N3O6S/c1-24(32(37)33-22-27-8-4-5-9-30(27)41-3)35(23-26-10-15-28(40-2)16-11-26)31(36)19-14-25-12-17-29(18-13-25)42(38,39)34-20-6-7-21-34/h4-5,8-13,15-18,24H,6-7,14,19-23H2,1-3H3,(H,33,37). The maximum atomic E-state index is 13.6. The zero-order valence-corrected chi connectivity index (χ0v) is 25.2. The summed E-state index contributed by atoms with van der Waals surface area (Å²) in [7, 11) is -0.321. The molecule has 0 bridgehead atoms. The van der Waals surface area contributed by atoms with Gasteiger partial charge in [-0.3, -0.25) is 9.59 Å². The molecule has 9 nitrogen and oxygen atoms in total. The molecule has 1 atom stereocenters. The van der Waals surface area contributed by atoms with Gasteiger partial charge in [0.25, 0.3) is 0 Å². The maximum absolute atomic E-state index is 13.6. The molecule has 224 valence electrons. The first-order valence-corrected chi connectivity index (χ1v) is 15.6. The average Bonchev–Trinajstić information content (AvgIpc) is 3.58. The van der Waals surface area contributed by atoms with Crippen LogP contribution in [0.5, 0.6) is 11.5 Å². The Bertz CT molecular complexity index is 1450. The van der Waals surface area contributed by atoms with E-state index < -0.39 is 16.1 Å². The zero-order chi connectivity index (χ0) is 30.1. The van der Waals surface area contributed by atoms with E-state index in [0.29, 0.717) is 31.0 Å². The fourth-order valence-electron chi connectivity index (χ4n) is 4.99. The lowest BCUT2D eigenvalue weighted by Crippen LogP contribution is -2.47.